The number of nitrogens with one attached hydrogen (secondary N) is 1. The Bertz CT molecular complexity index is 346. The van der Waals surface area contributed by atoms with E-state index in [1.54, 1.807) is 0 Å². The second kappa shape index (κ2) is 7.17. The highest BCUT2D eigenvalue weighted by Crippen LogP contribution is 2.05. The van der Waals surface area contributed by atoms with Crippen molar-refractivity contribution in [3.63, 3.8) is 0 Å². The van der Waals surface area contributed by atoms with Crippen LogP contribution in [0.4, 0.5) is 0 Å². The lowest BCUT2D eigenvalue weighted by Crippen LogP contribution is -2.27. The smallest absolute Gasteiger partial charge is 0.142 e. The molecule has 1 atom stereocenters. The van der Waals surface area contributed by atoms with E-state index in [1.807, 2.05) is 32.2 Å². The normalized spacial score (nSPS) is 12.4. The summed E-state index contributed by atoms with van der Waals surface area (Å²) in [5.74, 6) is 0.310. The summed E-state index contributed by atoms with van der Waals surface area (Å²) >= 11 is 0. The Morgan fingerprint density at radius 3 is 2.71 bits per heavy atom. The number of hydrogen-bond acceptors (Lipinski definition) is 3. The summed E-state index contributed by atoms with van der Waals surface area (Å²) in [5, 5.41) is 3.19. The number of aromatic nitrogens is 1. The third-order valence-corrected chi connectivity index (χ3v) is 2.90. The molecular formula is C14H22N2O. The fourth-order valence-corrected chi connectivity index (χ4v) is 1.60. The Balaban J connectivity index is 2.49. The van der Waals surface area contributed by atoms with Crippen molar-refractivity contribution in [1.82, 2.24) is 10.3 Å². The van der Waals surface area contributed by atoms with Crippen LogP contribution < -0.4 is 5.32 Å². The summed E-state index contributed by atoms with van der Waals surface area (Å²) in [7, 11) is 0. The third kappa shape index (κ3) is 4.65. The Kier molecular flexibility index (Phi) is 5.84. The minimum absolute atomic E-state index is 0.0580. The van der Waals surface area contributed by atoms with Crippen LogP contribution in [0.15, 0.2) is 18.3 Å². The molecule has 0 saturated carbocycles. The summed E-state index contributed by atoms with van der Waals surface area (Å²) < 4.78 is 0. The van der Waals surface area contributed by atoms with Crippen LogP contribution in [0.5, 0.6) is 0 Å². The molecule has 1 aromatic heterocycles. The predicted molar refractivity (Wildman–Crippen MR) is 70.0 cm³/mol. The van der Waals surface area contributed by atoms with Crippen molar-refractivity contribution in [3.8, 4) is 0 Å². The van der Waals surface area contributed by atoms with Crippen molar-refractivity contribution in [2.45, 2.75) is 33.6 Å². The van der Waals surface area contributed by atoms with E-state index in [-0.39, 0.29) is 11.7 Å². The van der Waals surface area contributed by atoms with Gasteiger partial charge < -0.3 is 5.32 Å². The monoisotopic (exact) mass is 234 g/mol. The second-order valence-corrected chi connectivity index (χ2v) is 4.36. The predicted octanol–water partition coefficient (Wildman–Crippen LogP) is 2.00. The molecule has 1 heterocycles. The molecule has 94 valence electrons. The van der Waals surface area contributed by atoms with E-state index in [2.05, 4.69) is 17.2 Å². The molecule has 0 spiro atoms. The molecular weight excluding hydrogens is 212 g/mol. The van der Waals surface area contributed by atoms with Crippen LogP contribution >= 0.6 is 0 Å². The van der Waals surface area contributed by atoms with Gasteiger partial charge in [0.2, 0.25) is 0 Å². The van der Waals surface area contributed by atoms with Crippen molar-refractivity contribution in [3.05, 3.63) is 29.6 Å². The lowest BCUT2D eigenvalue weighted by molar-refractivity contribution is -0.121. The summed E-state index contributed by atoms with van der Waals surface area (Å²) in [6.45, 7) is 7.76. The summed E-state index contributed by atoms with van der Waals surface area (Å²) in [4.78, 5) is 16.2. The average Bonchev–Trinajstić information content (AvgIpc) is 2.36. The number of carbonyl (C=O) groups is 1. The maximum absolute atomic E-state index is 11.9. The zero-order valence-corrected chi connectivity index (χ0v) is 11.0. The van der Waals surface area contributed by atoms with Gasteiger partial charge in [-0.05, 0) is 24.6 Å². The number of ketones is 1. The van der Waals surface area contributed by atoms with Gasteiger partial charge in [0.05, 0.1) is 0 Å². The molecule has 0 bridgehead atoms. The SMILES string of the molecule is CCNCC(C)C(=O)Cc1ccc(CC)cn1. The lowest BCUT2D eigenvalue weighted by Gasteiger charge is -2.10. The Morgan fingerprint density at radius 1 is 1.41 bits per heavy atom. The first-order chi connectivity index (χ1) is 8.17. The maximum atomic E-state index is 11.9. The molecule has 0 aliphatic rings. The van der Waals surface area contributed by atoms with Crippen LogP contribution in [0, 0.1) is 5.92 Å². The summed E-state index contributed by atoms with van der Waals surface area (Å²) in [6.07, 6.45) is 3.28. The standard InChI is InChI=1S/C14H22N2O/c1-4-12-6-7-13(16-10-12)8-14(17)11(3)9-15-5-2/h6-7,10-11,15H,4-5,8-9H2,1-3H3. The molecule has 1 aromatic rings. The molecule has 1 rings (SSSR count). The number of hydrogen-bond donors (Lipinski definition) is 1. The highest BCUT2D eigenvalue weighted by atomic mass is 16.1. The third-order valence-electron chi connectivity index (χ3n) is 2.90. The van der Waals surface area contributed by atoms with E-state index in [1.165, 1.54) is 5.56 Å². The molecule has 3 heteroatoms. The van der Waals surface area contributed by atoms with Crippen LogP contribution in [-0.2, 0) is 17.6 Å². The molecule has 1 unspecified atom stereocenters. The van der Waals surface area contributed by atoms with E-state index in [0.29, 0.717) is 6.42 Å². The lowest BCUT2D eigenvalue weighted by atomic mass is 10.0. The highest BCUT2D eigenvalue weighted by Gasteiger charge is 2.13. The van der Waals surface area contributed by atoms with Crippen LogP contribution in [0.25, 0.3) is 0 Å². The largest absolute Gasteiger partial charge is 0.316 e. The Hall–Kier alpha value is -1.22. The minimum atomic E-state index is 0.0580. The van der Waals surface area contributed by atoms with Crippen molar-refractivity contribution < 1.29 is 4.79 Å². The molecule has 17 heavy (non-hydrogen) atoms. The number of carbonyl (C=O) groups excluding carboxylic acids is 1. The van der Waals surface area contributed by atoms with Gasteiger partial charge >= 0.3 is 0 Å². The van der Waals surface area contributed by atoms with Gasteiger partial charge in [-0.3, -0.25) is 9.78 Å². The van der Waals surface area contributed by atoms with Crippen LogP contribution in [0.3, 0.4) is 0 Å². The van der Waals surface area contributed by atoms with Crippen LogP contribution in [0.2, 0.25) is 0 Å². The number of aryl methyl sites for hydroxylation is 1. The molecule has 0 aliphatic heterocycles. The maximum Gasteiger partial charge on any atom is 0.142 e. The van der Waals surface area contributed by atoms with E-state index in [4.69, 9.17) is 0 Å². The molecule has 0 aromatic carbocycles. The first kappa shape index (κ1) is 13.8. The zero-order chi connectivity index (χ0) is 12.7. The van der Waals surface area contributed by atoms with Crippen molar-refractivity contribution in [2.24, 2.45) is 5.92 Å². The van der Waals surface area contributed by atoms with Crippen LogP contribution in [0.1, 0.15) is 32.0 Å². The molecule has 0 saturated heterocycles. The molecule has 0 fully saturated rings. The summed E-state index contributed by atoms with van der Waals surface area (Å²) in [6, 6.07) is 4.00. The molecule has 0 aliphatic carbocycles. The Morgan fingerprint density at radius 2 is 2.18 bits per heavy atom. The van der Waals surface area contributed by atoms with E-state index in [0.717, 1.165) is 25.2 Å². The van der Waals surface area contributed by atoms with Crippen molar-refractivity contribution in [1.29, 1.82) is 0 Å². The first-order valence-corrected chi connectivity index (χ1v) is 6.34. The van der Waals surface area contributed by atoms with Gasteiger partial charge in [-0.15, -0.1) is 0 Å². The molecule has 0 radical (unpaired) electrons. The highest BCUT2D eigenvalue weighted by molar-refractivity contribution is 5.82. The van der Waals surface area contributed by atoms with Crippen molar-refractivity contribution in [2.75, 3.05) is 13.1 Å². The first-order valence-electron chi connectivity index (χ1n) is 6.34. The van der Waals surface area contributed by atoms with Gasteiger partial charge in [0.25, 0.3) is 0 Å². The second-order valence-electron chi connectivity index (χ2n) is 4.36. The van der Waals surface area contributed by atoms with Gasteiger partial charge in [0.1, 0.15) is 5.78 Å². The van der Waals surface area contributed by atoms with Gasteiger partial charge in [0, 0.05) is 30.8 Å². The number of pyridine rings is 1. The fraction of sp³-hybridized carbons (Fsp3) is 0.571. The van der Waals surface area contributed by atoms with Gasteiger partial charge in [-0.2, -0.15) is 0 Å². The molecule has 1 N–H and O–H groups in total. The number of rotatable bonds is 7. The topological polar surface area (TPSA) is 42.0 Å². The summed E-state index contributed by atoms with van der Waals surface area (Å²) in [5.41, 5.74) is 2.08. The van der Waals surface area contributed by atoms with Crippen molar-refractivity contribution >= 4 is 5.78 Å². The minimum Gasteiger partial charge on any atom is -0.316 e. The van der Waals surface area contributed by atoms with E-state index >= 15 is 0 Å². The van der Waals surface area contributed by atoms with E-state index < -0.39 is 0 Å². The average molecular weight is 234 g/mol. The Labute approximate surface area is 104 Å². The van der Waals surface area contributed by atoms with Gasteiger partial charge in [0.15, 0.2) is 0 Å². The quantitative estimate of drug-likeness (QED) is 0.784. The zero-order valence-electron chi connectivity index (χ0n) is 11.0. The van der Waals surface area contributed by atoms with E-state index in [9.17, 15) is 4.79 Å². The fourth-order valence-electron chi connectivity index (χ4n) is 1.60. The number of nitrogens with zero attached hydrogens (tertiary/aromatic N) is 1. The molecule has 3 nitrogen and oxygen atoms in total. The number of Topliss-reactive ketones (excluding diaryl/α,β-unsaturated/α-hetero) is 1. The van der Waals surface area contributed by atoms with Gasteiger partial charge in [-0.1, -0.05) is 26.8 Å². The van der Waals surface area contributed by atoms with Crippen LogP contribution in [-0.4, -0.2) is 23.9 Å². The van der Waals surface area contributed by atoms with Gasteiger partial charge in [-0.25, -0.2) is 0 Å². The molecule has 0 amide bonds.